The van der Waals surface area contributed by atoms with Crippen molar-refractivity contribution >= 4 is 11.6 Å². The summed E-state index contributed by atoms with van der Waals surface area (Å²) in [4.78, 5) is 24.3. The molecule has 2 rings (SSSR count). The fourth-order valence-corrected chi connectivity index (χ4v) is 2.58. The number of nitrogens with zero attached hydrogens (tertiary/aromatic N) is 1. The highest BCUT2D eigenvalue weighted by Gasteiger charge is 2.53. The molecule has 0 aliphatic carbocycles. The Bertz CT molecular complexity index is 613. The number of nitrogens with one attached hydrogen (secondary N) is 1. The minimum absolute atomic E-state index is 0.192. The molecule has 6 nitrogen and oxygen atoms in total. The summed E-state index contributed by atoms with van der Waals surface area (Å²) >= 11 is 5.70. The van der Waals surface area contributed by atoms with Gasteiger partial charge in [0.25, 0.3) is 5.56 Å². The molecule has 1 saturated heterocycles. The van der Waals surface area contributed by atoms with Crippen LogP contribution in [0.1, 0.15) is 13.2 Å². The van der Waals surface area contributed by atoms with Gasteiger partial charge in [-0.25, -0.2) is 9.18 Å². The van der Waals surface area contributed by atoms with Gasteiger partial charge in [-0.2, -0.15) is 4.39 Å². The van der Waals surface area contributed by atoms with Crippen LogP contribution in [0.4, 0.5) is 8.78 Å². The van der Waals surface area contributed by atoms with E-state index in [0.717, 1.165) is 0 Å². The van der Waals surface area contributed by atoms with Gasteiger partial charge in [0.15, 0.2) is 12.4 Å². The number of rotatable bonds is 3. The molecular formula is C11H13ClF2N2O4. The van der Waals surface area contributed by atoms with E-state index >= 15 is 0 Å². The summed E-state index contributed by atoms with van der Waals surface area (Å²) in [5.41, 5.74) is -3.56. The van der Waals surface area contributed by atoms with E-state index in [1.807, 2.05) is 0 Å². The van der Waals surface area contributed by atoms with Gasteiger partial charge in [-0.3, -0.25) is 14.3 Å². The number of H-pyrrole nitrogens is 1. The number of aromatic nitrogens is 2. The van der Waals surface area contributed by atoms with Crippen LogP contribution in [0.3, 0.4) is 0 Å². The smallest absolute Gasteiger partial charge is 0.330 e. The number of aliphatic hydroxyl groups excluding tert-OH is 1. The van der Waals surface area contributed by atoms with Crippen molar-refractivity contribution in [2.24, 2.45) is 5.92 Å². The largest absolute Gasteiger partial charge is 0.393 e. The van der Waals surface area contributed by atoms with E-state index in [1.165, 1.54) is 6.92 Å². The van der Waals surface area contributed by atoms with Crippen molar-refractivity contribution < 1.29 is 18.6 Å². The summed E-state index contributed by atoms with van der Waals surface area (Å²) in [6.07, 6.45) is -2.58. The molecular weight excluding hydrogens is 298 g/mol. The Labute approximate surface area is 116 Å². The first-order valence-electron chi connectivity index (χ1n) is 5.86. The maximum Gasteiger partial charge on any atom is 0.330 e. The Hall–Kier alpha value is -1.25. The van der Waals surface area contributed by atoms with E-state index in [-0.39, 0.29) is 5.88 Å². The molecule has 4 atom stereocenters. The van der Waals surface area contributed by atoms with Crippen molar-refractivity contribution in [1.82, 2.24) is 9.55 Å². The number of aromatic amines is 1. The normalized spacial score (nSPS) is 33.5. The summed E-state index contributed by atoms with van der Waals surface area (Å²) in [6.45, 7) is 0.922. The fraction of sp³-hybridized carbons (Fsp3) is 0.636. The first-order valence-corrected chi connectivity index (χ1v) is 6.39. The van der Waals surface area contributed by atoms with Crippen molar-refractivity contribution in [2.75, 3.05) is 12.5 Å². The highest BCUT2D eigenvalue weighted by atomic mass is 35.5. The van der Waals surface area contributed by atoms with E-state index in [4.69, 9.17) is 16.3 Å². The number of alkyl halides is 2. The van der Waals surface area contributed by atoms with Crippen LogP contribution < -0.4 is 11.2 Å². The second-order valence-corrected chi connectivity index (χ2v) is 5.01. The number of ether oxygens (including phenoxy) is 1. The van der Waals surface area contributed by atoms with E-state index < -0.39 is 47.6 Å². The maximum atomic E-state index is 14.3. The van der Waals surface area contributed by atoms with Crippen molar-refractivity contribution in [3.63, 3.8) is 0 Å². The predicted octanol–water partition coefficient (Wildman–Crippen LogP) is 0.149. The zero-order valence-electron chi connectivity index (χ0n) is 10.5. The van der Waals surface area contributed by atoms with Crippen molar-refractivity contribution in [3.8, 4) is 0 Å². The molecule has 2 heterocycles. The molecule has 0 saturated carbocycles. The summed E-state index contributed by atoms with van der Waals surface area (Å²) in [7, 11) is 0. The molecule has 1 aliphatic rings. The third-order valence-corrected chi connectivity index (χ3v) is 4.08. The van der Waals surface area contributed by atoms with Crippen LogP contribution in [0.5, 0.6) is 0 Å². The molecule has 2 N–H and O–H groups in total. The second kappa shape index (κ2) is 5.27. The summed E-state index contributed by atoms with van der Waals surface area (Å²) in [6, 6.07) is 0. The lowest BCUT2D eigenvalue weighted by Gasteiger charge is -2.28. The quantitative estimate of drug-likeness (QED) is 0.778. The van der Waals surface area contributed by atoms with Crippen LogP contribution in [0.15, 0.2) is 15.8 Å². The summed E-state index contributed by atoms with van der Waals surface area (Å²) in [5, 5.41) is 9.34. The summed E-state index contributed by atoms with van der Waals surface area (Å²) in [5.74, 6) is -2.24. The van der Waals surface area contributed by atoms with Gasteiger partial charge < -0.3 is 9.84 Å². The van der Waals surface area contributed by atoms with Gasteiger partial charge in [0.2, 0.25) is 5.82 Å². The number of halogens is 3. The Morgan fingerprint density at radius 3 is 2.75 bits per heavy atom. The molecule has 0 amide bonds. The predicted molar refractivity (Wildman–Crippen MR) is 66.0 cm³/mol. The molecule has 0 unspecified atom stereocenters. The fourth-order valence-electron chi connectivity index (χ4n) is 2.19. The van der Waals surface area contributed by atoms with Crippen molar-refractivity contribution in [2.45, 2.75) is 24.9 Å². The Balaban J connectivity index is 2.47. The lowest BCUT2D eigenvalue weighted by molar-refractivity contribution is -0.101. The minimum atomic E-state index is -1.69. The third kappa shape index (κ3) is 2.17. The SMILES string of the molecule is C[C@H]1[C@H](F)[C@H](n2cc(F)c(=O)[nH]c2=O)O[C@@]1(CO)CCl. The Morgan fingerprint density at radius 1 is 1.60 bits per heavy atom. The van der Waals surface area contributed by atoms with Gasteiger partial charge in [0.1, 0.15) is 5.60 Å². The number of hydrogen-bond acceptors (Lipinski definition) is 4. The van der Waals surface area contributed by atoms with E-state index in [2.05, 4.69) is 0 Å². The first-order chi connectivity index (χ1) is 9.36. The van der Waals surface area contributed by atoms with E-state index in [9.17, 15) is 23.5 Å². The molecule has 0 radical (unpaired) electrons. The Kier molecular flexibility index (Phi) is 3.99. The highest BCUT2D eigenvalue weighted by molar-refractivity contribution is 6.18. The van der Waals surface area contributed by atoms with E-state index in [0.29, 0.717) is 10.8 Å². The molecule has 1 aromatic heterocycles. The molecule has 1 aliphatic heterocycles. The van der Waals surface area contributed by atoms with Gasteiger partial charge >= 0.3 is 5.69 Å². The van der Waals surface area contributed by atoms with Crippen molar-refractivity contribution in [3.05, 3.63) is 32.9 Å². The lowest BCUT2D eigenvalue weighted by atomic mass is 9.90. The van der Waals surface area contributed by atoms with Gasteiger partial charge in [0, 0.05) is 5.92 Å². The highest BCUT2D eigenvalue weighted by Crippen LogP contribution is 2.43. The maximum absolute atomic E-state index is 14.3. The molecule has 0 aromatic carbocycles. The first kappa shape index (κ1) is 15.1. The zero-order chi connectivity index (χ0) is 15.1. The van der Waals surface area contributed by atoms with Crippen LogP contribution in [0.25, 0.3) is 0 Å². The van der Waals surface area contributed by atoms with Crippen LogP contribution in [-0.2, 0) is 4.74 Å². The number of hydrogen-bond donors (Lipinski definition) is 2. The van der Waals surface area contributed by atoms with Crippen LogP contribution in [0, 0.1) is 11.7 Å². The zero-order valence-corrected chi connectivity index (χ0v) is 11.2. The number of aliphatic hydroxyl groups is 1. The summed E-state index contributed by atoms with van der Waals surface area (Å²) < 4.78 is 33.5. The third-order valence-electron chi connectivity index (χ3n) is 3.63. The van der Waals surface area contributed by atoms with Crippen LogP contribution in [-0.4, -0.2) is 38.9 Å². The van der Waals surface area contributed by atoms with Crippen molar-refractivity contribution in [1.29, 1.82) is 0 Å². The molecule has 9 heteroatoms. The Morgan fingerprint density at radius 2 is 2.25 bits per heavy atom. The molecule has 0 bridgehead atoms. The molecule has 1 fully saturated rings. The lowest BCUT2D eigenvalue weighted by Crippen LogP contribution is -2.42. The molecule has 112 valence electrons. The van der Waals surface area contributed by atoms with Gasteiger partial charge in [-0.15, -0.1) is 11.6 Å². The van der Waals surface area contributed by atoms with Gasteiger partial charge in [0.05, 0.1) is 18.7 Å². The second-order valence-electron chi connectivity index (χ2n) is 4.74. The average molecular weight is 311 g/mol. The molecule has 0 spiro atoms. The van der Waals surface area contributed by atoms with Gasteiger partial charge in [-0.1, -0.05) is 6.92 Å². The topological polar surface area (TPSA) is 84.3 Å². The minimum Gasteiger partial charge on any atom is -0.393 e. The standard InChI is InChI=1S/C11H13ClF2N2O4/c1-5-7(14)9(20-11(5,3-12)4-17)16-2-6(13)8(18)15-10(16)19/h2,5,7,9,17H,3-4H2,1H3,(H,15,18,19)/t5-,7-,9+,11+/m0/s1. The van der Waals surface area contributed by atoms with Crippen LogP contribution >= 0.6 is 11.6 Å². The van der Waals surface area contributed by atoms with Crippen LogP contribution in [0.2, 0.25) is 0 Å². The molecule has 1 aromatic rings. The average Bonchev–Trinajstić information content (AvgIpc) is 2.68. The van der Waals surface area contributed by atoms with Gasteiger partial charge in [-0.05, 0) is 0 Å². The van der Waals surface area contributed by atoms with E-state index in [1.54, 1.807) is 4.98 Å². The molecule has 20 heavy (non-hydrogen) atoms. The monoisotopic (exact) mass is 310 g/mol.